The van der Waals surface area contributed by atoms with Crippen molar-refractivity contribution in [3.63, 3.8) is 0 Å². The highest BCUT2D eigenvalue weighted by molar-refractivity contribution is 4.86. The van der Waals surface area contributed by atoms with E-state index >= 15 is 0 Å². The van der Waals surface area contributed by atoms with Crippen molar-refractivity contribution in [3.8, 4) is 0 Å². The molecular formula is C14H28N6. The molecule has 1 atom stereocenters. The quantitative estimate of drug-likeness (QED) is 0.781. The molecule has 0 aromatic carbocycles. The fourth-order valence-corrected chi connectivity index (χ4v) is 2.91. The minimum absolute atomic E-state index is 0.674. The van der Waals surface area contributed by atoms with Crippen molar-refractivity contribution in [1.29, 1.82) is 0 Å². The normalized spacial score (nSPS) is 20.4. The van der Waals surface area contributed by atoms with Gasteiger partial charge in [-0.2, -0.15) is 0 Å². The van der Waals surface area contributed by atoms with Crippen molar-refractivity contribution < 1.29 is 0 Å². The van der Waals surface area contributed by atoms with Crippen molar-refractivity contribution in [2.24, 2.45) is 0 Å². The van der Waals surface area contributed by atoms with E-state index in [4.69, 9.17) is 0 Å². The Morgan fingerprint density at radius 2 is 2.25 bits per heavy atom. The average molecular weight is 280 g/mol. The minimum atomic E-state index is 0.674. The molecule has 1 aliphatic heterocycles. The smallest absolute Gasteiger partial charge is 0.165 e. The number of aryl methyl sites for hydroxylation is 1. The molecule has 1 unspecified atom stereocenters. The van der Waals surface area contributed by atoms with Gasteiger partial charge in [-0.15, -0.1) is 5.10 Å². The van der Waals surface area contributed by atoms with E-state index in [1.807, 2.05) is 11.7 Å². The van der Waals surface area contributed by atoms with Gasteiger partial charge >= 0.3 is 0 Å². The fraction of sp³-hybridized carbons (Fsp3) is 0.929. The van der Waals surface area contributed by atoms with Gasteiger partial charge in [0.15, 0.2) is 5.82 Å². The number of tetrazole rings is 1. The molecule has 1 aromatic heterocycles. The van der Waals surface area contributed by atoms with Crippen molar-refractivity contribution in [2.45, 2.75) is 64.6 Å². The lowest BCUT2D eigenvalue weighted by Gasteiger charge is -2.35. The van der Waals surface area contributed by atoms with Gasteiger partial charge in [-0.25, -0.2) is 4.68 Å². The topological polar surface area (TPSA) is 58.9 Å². The van der Waals surface area contributed by atoms with Crippen LogP contribution in [0.4, 0.5) is 0 Å². The first-order chi connectivity index (χ1) is 9.85. The van der Waals surface area contributed by atoms with Crippen LogP contribution in [0.2, 0.25) is 0 Å². The molecule has 114 valence electrons. The molecule has 0 amide bonds. The molecule has 0 aliphatic carbocycles. The van der Waals surface area contributed by atoms with Gasteiger partial charge in [-0.05, 0) is 56.2 Å². The SMILES string of the molecule is CCCCn1nnnc1CN1CCCCC1CCNC. The number of piperidine rings is 1. The predicted octanol–water partition coefficient (Wildman–Crippen LogP) is 1.44. The molecule has 1 N–H and O–H groups in total. The van der Waals surface area contributed by atoms with Crippen LogP contribution in [0.25, 0.3) is 0 Å². The molecule has 1 aliphatic rings. The molecule has 6 nitrogen and oxygen atoms in total. The number of unbranched alkanes of at least 4 members (excludes halogenated alkanes) is 1. The third-order valence-corrected chi connectivity index (χ3v) is 4.15. The second kappa shape index (κ2) is 8.32. The van der Waals surface area contributed by atoms with Crippen LogP contribution in [0.5, 0.6) is 0 Å². The Bertz CT molecular complexity index is 377. The van der Waals surface area contributed by atoms with Crippen LogP contribution in [0.15, 0.2) is 0 Å². The van der Waals surface area contributed by atoms with E-state index < -0.39 is 0 Å². The molecule has 1 saturated heterocycles. The lowest BCUT2D eigenvalue weighted by Crippen LogP contribution is -2.41. The zero-order chi connectivity index (χ0) is 14.2. The summed E-state index contributed by atoms with van der Waals surface area (Å²) in [7, 11) is 2.03. The Balaban J connectivity index is 1.94. The van der Waals surface area contributed by atoms with E-state index in [-0.39, 0.29) is 0 Å². The van der Waals surface area contributed by atoms with Gasteiger partial charge in [0, 0.05) is 12.6 Å². The zero-order valence-electron chi connectivity index (χ0n) is 12.9. The van der Waals surface area contributed by atoms with Gasteiger partial charge in [0.1, 0.15) is 0 Å². The second-order valence-electron chi connectivity index (χ2n) is 5.68. The zero-order valence-corrected chi connectivity index (χ0v) is 12.9. The third kappa shape index (κ3) is 4.24. The first kappa shape index (κ1) is 15.4. The first-order valence-electron chi connectivity index (χ1n) is 7.98. The number of likely N-dealkylation sites (tertiary alicyclic amines) is 1. The van der Waals surface area contributed by atoms with Gasteiger partial charge in [-0.1, -0.05) is 19.8 Å². The summed E-state index contributed by atoms with van der Waals surface area (Å²) in [5.41, 5.74) is 0. The first-order valence-corrected chi connectivity index (χ1v) is 7.98. The van der Waals surface area contributed by atoms with E-state index in [0.29, 0.717) is 6.04 Å². The highest BCUT2D eigenvalue weighted by atomic mass is 15.5. The number of aromatic nitrogens is 4. The second-order valence-corrected chi connectivity index (χ2v) is 5.68. The Kier molecular flexibility index (Phi) is 6.39. The standard InChI is InChI=1S/C14H28N6/c1-3-4-11-20-14(16-17-18-20)12-19-10-6-5-7-13(19)8-9-15-2/h13,15H,3-12H2,1-2H3. The highest BCUT2D eigenvalue weighted by Gasteiger charge is 2.23. The molecule has 1 fully saturated rings. The fourth-order valence-electron chi connectivity index (χ4n) is 2.91. The van der Waals surface area contributed by atoms with E-state index in [2.05, 4.69) is 32.7 Å². The molecule has 0 bridgehead atoms. The van der Waals surface area contributed by atoms with E-state index in [1.54, 1.807) is 0 Å². The monoisotopic (exact) mass is 280 g/mol. The van der Waals surface area contributed by atoms with Crippen LogP contribution in [-0.2, 0) is 13.1 Å². The Labute approximate surface area is 121 Å². The summed E-state index contributed by atoms with van der Waals surface area (Å²) < 4.78 is 1.98. The summed E-state index contributed by atoms with van der Waals surface area (Å²) in [6.45, 7) is 6.29. The Hall–Kier alpha value is -1.01. The maximum Gasteiger partial charge on any atom is 0.165 e. The number of nitrogens with zero attached hydrogens (tertiary/aromatic N) is 5. The molecule has 0 saturated carbocycles. The summed E-state index contributed by atoms with van der Waals surface area (Å²) in [5.74, 6) is 1.02. The van der Waals surface area contributed by atoms with Crippen molar-refractivity contribution >= 4 is 0 Å². The number of rotatable bonds is 8. The average Bonchev–Trinajstić information content (AvgIpc) is 2.91. The lowest BCUT2D eigenvalue weighted by atomic mass is 9.99. The summed E-state index contributed by atoms with van der Waals surface area (Å²) in [5, 5.41) is 15.5. The molecule has 0 spiro atoms. The van der Waals surface area contributed by atoms with E-state index in [9.17, 15) is 0 Å². The number of hydrogen-bond donors (Lipinski definition) is 1. The van der Waals surface area contributed by atoms with Gasteiger partial charge in [0.05, 0.1) is 6.54 Å². The van der Waals surface area contributed by atoms with Gasteiger partial charge in [-0.3, -0.25) is 4.90 Å². The Morgan fingerprint density at radius 3 is 3.05 bits per heavy atom. The van der Waals surface area contributed by atoms with Crippen molar-refractivity contribution in [1.82, 2.24) is 30.4 Å². The summed E-state index contributed by atoms with van der Waals surface area (Å²) in [6, 6.07) is 0.674. The van der Waals surface area contributed by atoms with Gasteiger partial charge < -0.3 is 5.32 Å². The molecule has 2 rings (SSSR count). The van der Waals surface area contributed by atoms with Crippen LogP contribution in [-0.4, -0.2) is 51.3 Å². The third-order valence-electron chi connectivity index (χ3n) is 4.15. The van der Waals surface area contributed by atoms with E-state index in [1.165, 1.54) is 38.6 Å². The Morgan fingerprint density at radius 1 is 1.35 bits per heavy atom. The van der Waals surface area contributed by atoms with Crippen LogP contribution in [0.1, 0.15) is 51.3 Å². The molecule has 2 heterocycles. The predicted molar refractivity (Wildman–Crippen MR) is 79.3 cm³/mol. The van der Waals surface area contributed by atoms with Gasteiger partial charge in [0.2, 0.25) is 0 Å². The molecule has 1 aromatic rings. The summed E-state index contributed by atoms with van der Waals surface area (Å²) in [6.07, 6.45) is 7.48. The van der Waals surface area contributed by atoms with Crippen LogP contribution < -0.4 is 5.32 Å². The highest BCUT2D eigenvalue weighted by Crippen LogP contribution is 2.21. The lowest BCUT2D eigenvalue weighted by molar-refractivity contribution is 0.127. The van der Waals surface area contributed by atoms with E-state index in [0.717, 1.165) is 31.9 Å². The number of hydrogen-bond acceptors (Lipinski definition) is 5. The van der Waals surface area contributed by atoms with Crippen LogP contribution in [0, 0.1) is 0 Å². The van der Waals surface area contributed by atoms with Crippen molar-refractivity contribution in [2.75, 3.05) is 20.1 Å². The largest absolute Gasteiger partial charge is 0.320 e. The van der Waals surface area contributed by atoms with Crippen LogP contribution >= 0.6 is 0 Å². The van der Waals surface area contributed by atoms with Crippen molar-refractivity contribution in [3.05, 3.63) is 5.82 Å². The molecule has 20 heavy (non-hydrogen) atoms. The van der Waals surface area contributed by atoms with Gasteiger partial charge in [0.25, 0.3) is 0 Å². The maximum atomic E-state index is 4.22. The minimum Gasteiger partial charge on any atom is -0.320 e. The molecule has 0 radical (unpaired) electrons. The van der Waals surface area contributed by atoms with Crippen LogP contribution in [0.3, 0.4) is 0 Å². The maximum absolute atomic E-state index is 4.22. The molecule has 6 heteroatoms. The molecular weight excluding hydrogens is 252 g/mol. The summed E-state index contributed by atoms with van der Waals surface area (Å²) in [4.78, 5) is 2.56. The number of nitrogens with one attached hydrogen (secondary N) is 1. The summed E-state index contributed by atoms with van der Waals surface area (Å²) >= 11 is 0.